The van der Waals surface area contributed by atoms with Crippen molar-refractivity contribution in [3.8, 4) is 51.0 Å². The number of aromatic nitrogens is 4. The van der Waals surface area contributed by atoms with Crippen LogP contribution in [0.15, 0.2) is 223 Å². The van der Waals surface area contributed by atoms with Crippen molar-refractivity contribution >= 4 is 86.8 Å². The van der Waals surface area contributed by atoms with E-state index in [4.69, 9.17) is 19.4 Å². The van der Waals surface area contributed by atoms with Gasteiger partial charge in [0.25, 0.3) is 0 Å². The van der Waals surface area contributed by atoms with Gasteiger partial charge < -0.3 is 8.98 Å². The Bertz CT molecular complexity index is 4200. The molecule has 0 aliphatic heterocycles. The van der Waals surface area contributed by atoms with Crippen molar-refractivity contribution < 1.29 is 4.42 Å². The lowest BCUT2D eigenvalue weighted by Gasteiger charge is -2.14. The summed E-state index contributed by atoms with van der Waals surface area (Å²) in [6.45, 7) is 0. The summed E-state index contributed by atoms with van der Waals surface area (Å²) >= 11 is 0. The van der Waals surface area contributed by atoms with E-state index in [0.29, 0.717) is 17.5 Å². The van der Waals surface area contributed by atoms with Crippen LogP contribution < -0.4 is 0 Å². The molecule has 0 bridgehead atoms. The predicted octanol–water partition coefficient (Wildman–Crippen LogP) is 16.1. The molecule has 0 fully saturated rings. The average molecular weight is 841 g/mol. The van der Waals surface area contributed by atoms with Crippen molar-refractivity contribution in [3.05, 3.63) is 218 Å². The normalized spacial score (nSPS) is 11.9. The Morgan fingerprint density at radius 1 is 0.288 bits per heavy atom. The first-order valence-electron chi connectivity index (χ1n) is 22.3. The van der Waals surface area contributed by atoms with Crippen molar-refractivity contribution in [1.82, 2.24) is 19.5 Å². The smallest absolute Gasteiger partial charge is 0.164 e. The minimum Gasteiger partial charge on any atom is -0.454 e. The van der Waals surface area contributed by atoms with E-state index in [0.717, 1.165) is 71.9 Å². The van der Waals surface area contributed by atoms with Crippen LogP contribution in [0.2, 0.25) is 0 Å². The van der Waals surface area contributed by atoms with Crippen LogP contribution >= 0.6 is 0 Å². The summed E-state index contributed by atoms with van der Waals surface area (Å²) in [5, 5.41) is 13.8. The minimum absolute atomic E-state index is 0.573. The topological polar surface area (TPSA) is 56.7 Å². The fourth-order valence-corrected chi connectivity index (χ4v) is 10.1. The first-order chi connectivity index (χ1) is 32.7. The molecule has 0 saturated heterocycles. The van der Waals surface area contributed by atoms with Gasteiger partial charge in [0.2, 0.25) is 0 Å². The highest BCUT2D eigenvalue weighted by molar-refractivity contribution is 6.18. The molecule has 0 aliphatic carbocycles. The summed E-state index contributed by atoms with van der Waals surface area (Å²) < 4.78 is 9.30. The van der Waals surface area contributed by atoms with Gasteiger partial charge in [-0.3, -0.25) is 0 Å². The number of hydrogen-bond donors (Lipinski definition) is 0. The second kappa shape index (κ2) is 14.3. The first-order valence-corrected chi connectivity index (χ1v) is 22.3. The number of furan rings is 1. The molecule has 66 heavy (non-hydrogen) atoms. The number of fused-ring (bicyclic) bond motifs is 11. The number of para-hydroxylation sites is 1. The Labute approximate surface area is 378 Å². The second-order valence-corrected chi connectivity index (χ2v) is 17.2. The van der Waals surface area contributed by atoms with E-state index in [1.807, 2.05) is 18.2 Å². The summed E-state index contributed by atoms with van der Waals surface area (Å²) in [4.78, 5) is 16.0. The monoisotopic (exact) mass is 840 g/mol. The van der Waals surface area contributed by atoms with Crippen LogP contribution in [-0.4, -0.2) is 19.5 Å². The maximum absolute atomic E-state index is 6.91. The van der Waals surface area contributed by atoms with Gasteiger partial charge in [-0.1, -0.05) is 164 Å². The van der Waals surface area contributed by atoms with Crippen molar-refractivity contribution in [1.29, 1.82) is 0 Å². The number of hydrogen-bond acceptors (Lipinski definition) is 4. The SMILES string of the molecule is c1ccc(-c2cccc(-c3nc(-c4ccc5c(ccc6ccccc65)c4)nc(-c4cc(-n5c6cc7ccccc7cc6c6cc7ccccc7cc65)c5oc6ccccc6c5c4)n3)c2)cc1. The molecule has 14 rings (SSSR count). The van der Waals surface area contributed by atoms with Crippen molar-refractivity contribution in [3.63, 3.8) is 0 Å². The van der Waals surface area contributed by atoms with Gasteiger partial charge in [0, 0.05) is 38.2 Å². The zero-order valence-corrected chi connectivity index (χ0v) is 35.5. The number of rotatable bonds is 5. The highest BCUT2D eigenvalue weighted by Crippen LogP contribution is 2.43. The molecule has 0 unspecified atom stereocenters. The Kier molecular flexibility index (Phi) is 7.91. The molecule has 5 heteroatoms. The fraction of sp³-hybridized carbons (Fsp3) is 0. The van der Waals surface area contributed by atoms with Gasteiger partial charge in [0.15, 0.2) is 23.1 Å². The maximum atomic E-state index is 6.91. The Balaban J connectivity index is 1.06. The molecular formula is C61H36N4O. The van der Waals surface area contributed by atoms with Crippen LogP contribution in [0.4, 0.5) is 0 Å². The molecule has 0 aliphatic rings. The van der Waals surface area contributed by atoms with Crippen molar-refractivity contribution in [2.24, 2.45) is 0 Å². The van der Waals surface area contributed by atoms with Crippen LogP contribution in [0.25, 0.3) is 138 Å². The third-order valence-corrected chi connectivity index (χ3v) is 13.3. The van der Waals surface area contributed by atoms with Gasteiger partial charge in [0.05, 0.1) is 16.7 Å². The Morgan fingerprint density at radius 2 is 0.818 bits per heavy atom. The van der Waals surface area contributed by atoms with Crippen molar-refractivity contribution in [2.45, 2.75) is 0 Å². The lowest BCUT2D eigenvalue weighted by Crippen LogP contribution is -2.02. The third-order valence-electron chi connectivity index (χ3n) is 13.3. The largest absolute Gasteiger partial charge is 0.454 e. The van der Waals surface area contributed by atoms with Crippen LogP contribution in [0.3, 0.4) is 0 Å². The third kappa shape index (κ3) is 5.77. The molecule has 0 atom stereocenters. The zero-order valence-electron chi connectivity index (χ0n) is 35.5. The lowest BCUT2D eigenvalue weighted by atomic mass is 10.00. The lowest BCUT2D eigenvalue weighted by molar-refractivity contribution is 0.666. The minimum atomic E-state index is 0.573. The highest BCUT2D eigenvalue weighted by Gasteiger charge is 2.23. The van der Waals surface area contributed by atoms with E-state index in [-0.39, 0.29) is 0 Å². The molecule has 0 amide bonds. The maximum Gasteiger partial charge on any atom is 0.164 e. The summed E-state index contributed by atoms with van der Waals surface area (Å²) in [5.41, 5.74) is 9.62. The van der Waals surface area contributed by atoms with Crippen molar-refractivity contribution in [2.75, 3.05) is 0 Å². The number of nitrogens with zero attached hydrogens (tertiary/aromatic N) is 4. The molecule has 3 aromatic heterocycles. The zero-order chi connectivity index (χ0) is 43.3. The molecule has 0 saturated carbocycles. The highest BCUT2D eigenvalue weighted by atomic mass is 16.3. The van der Waals surface area contributed by atoms with E-state index >= 15 is 0 Å². The van der Waals surface area contributed by atoms with E-state index in [1.165, 1.54) is 48.5 Å². The summed E-state index contributed by atoms with van der Waals surface area (Å²) in [6.07, 6.45) is 0. The molecule has 0 radical (unpaired) electrons. The van der Waals surface area contributed by atoms with Gasteiger partial charge in [-0.25, -0.2) is 15.0 Å². The molecule has 5 nitrogen and oxygen atoms in total. The average Bonchev–Trinajstić information content (AvgIpc) is 3.91. The van der Waals surface area contributed by atoms with Gasteiger partial charge in [-0.05, 0) is 109 Å². The van der Waals surface area contributed by atoms with Crippen LogP contribution in [0, 0.1) is 0 Å². The van der Waals surface area contributed by atoms with Gasteiger partial charge >= 0.3 is 0 Å². The van der Waals surface area contributed by atoms with E-state index in [9.17, 15) is 0 Å². The second-order valence-electron chi connectivity index (χ2n) is 17.2. The summed E-state index contributed by atoms with van der Waals surface area (Å²) in [7, 11) is 0. The molecule has 0 spiro atoms. The quantitative estimate of drug-likeness (QED) is 0.162. The van der Waals surface area contributed by atoms with Gasteiger partial charge in [-0.2, -0.15) is 0 Å². The van der Waals surface area contributed by atoms with Gasteiger partial charge in [0.1, 0.15) is 5.58 Å². The van der Waals surface area contributed by atoms with Crippen LogP contribution in [0.5, 0.6) is 0 Å². The molecule has 306 valence electrons. The predicted molar refractivity (Wildman–Crippen MR) is 273 cm³/mol. The van der Waals surface area contributed by atoms with E-state index in [1.54, 1.807) is 0 Å². The first kappa shape index (κ1) is 36.5. The Hall–Kier alpha value is -8.93. The molecule has 14 aromatic rings. The van der Waals surface area contributed by atoms with E-state index in [2.05, 4.69) is 205 Å². The standard InChI is InChI=1S/C61H36N4O/c1-2-13-37(14-3-1)39-20-12-21-45(29-39)59-62-60(46-27-28-49-44(30-46)26-25-38-15-8-9-22-48(38)49)64-61(63-59)47-33-53-50-23-10-11-24-57(50)66-58(53)56(36-47)65-54-34-42-18-6-4-16-40(42)31-51(54)52-32-41-17-5-7-19-43(41)35-55(52)65/h1-36H. The molecule has 0 N–H and O–H groups in total. The Morgan fingerprint density at radius 3 is 1.53 bits per heavy atom. The molecular weight excluding hydrogens is 805 g/mol. The fourth-order valence-electron chi connectivity index (χ4n) is 10.1. The van der Waals surface area contributed by atoms with Crippen LogP contribution in [0.1, 0.15) is 0 Å². The van der Waals surface area contributed by atoms with Gasteiger partial charge in [-0.15, -0.1) is 0 Å². The summed E-state index contributed by atoms with van der Waals surface area (Å²) in [5.74, 6) is 1.77. The summed E-state index contributed by atoms with van der Waals surface area (Å²) in [6, 6.07) is 77.6. The van der Waals surface area contributed by atoms with E-state index < -0.39 is 0 Å². The van der Waals surface area contributed by atoms with Crippen LogP contribution in [-0.2, 0) is 0 Å². The molecule has 3 heterocycles. The molecule has 11 aromatic carbocycles. The number of benzene rings is 11.